The first-order valence-electron chi connectivity index (χ1n) is 6.98. The van der Waals surface area contributed by atoms with Crippen molar-refractivity contribution in [3.05, 3.63) is 30.2 Å². The van der Waals surface area contributed by atoms with Crippen LogP contribution in [0, 0.1) is 0 Å². The third-order valence-electron chi connectivity index (χ3n) is 3.90. The molecule has 2 N–H and O–H groups in total. The maximum absolute atomic E-state index is 11.9. The van der Waals surface area contributed by atoms with Crippen molar-refractivity contribution < 1.29 is 19.1 Å². The van der Waals surface area contributed by atoms with Crippen LogP contribution in [-0.4, -0.2) is 27.5 Å². The summed E-state index contributed by atoms with van der Waals surface area (Å²) in [6, 6.07) is 7.39. The van der Waals surface area contributed by atoms with E-state index >= 15 is 0 Å². The number of nitrogens with zero attached hydrogens (tertiary/aromatic N) is 1. The molecule has 1 aliphatic carbocycles. The fourth-order valence-corrected chi connectivity index (χ4v) is 2.50. The van der Waals surface area contributed by atoms with E-state index in [-0.39, 0.29) is 12.3 Å². The Morgan fingerprint density at radius 2 is 2.10 bits per heavy atom. The molecule has 1 heterocycles. The SMILES string of the molecule is O=C(CCc1nc2ccccc2o1)NC1(C(=O)O)CCC1. The fraction of sp³-hybridized carbons (Fsp3) is 0.400. The van der Waals surface area contributed by atoms with Crippen molar-refractivity contribution in [1.29, 1.82) is 0 Å². The van der Waals surface area contributed by atoms with Gasteiger partial charge < -0.3 is 14.8 Å². The number of carbonyl (C=O) groups is 2. The smallest absolute Gasteiger partial charge is 0.329 e. The second-order valence-electron chi connectivity index (χ2n) is 5.36. The zero-order valence-electron chi connectivity index (χ0n) is 11.5. The minimum atomic E-state index is -1.06. The third kappa shape index (κ3) is 2.61. The molecule has 1 fully saturated rings. The van der Waals surface area contributed by atoms with Crippen LogP contribution in [0.5, 0.6) is 0 Å². The Labute approximate surface area is 121 Å². The lowest BCUT2D eigenvalue weighted by Gasteiger charge is -2.38. The fourth-order valence-electron chi connectivity index (χ4n) is 2.50. The Kier molecular flexibility index (Phi) is 3.37. The Hall–Kier alpha value is -2.37. The van der Waals surface area contributed by atoms with Gasteiger partial charge in [-0.1, -0.05) is 12.1 Å². The molecule has 21 heavy (non-hydrogen) atoms. The quantitative estimate of drug-likeness (QED) is 0.876. The number of aryl methyl sites for hydroxylation is 1. The molecule has 0 spiro atoms. The molecule has 0 unspecified atom stereocenters. The van der Waals surface area contributed by atoms with Gasteiger partial charge in [-0.25, -0.2) is 9.78 Å². The lowest BCUT2D eigenvalue weighted by Crippen LogP contribution is -2.59. The number of amides is 1. The molecule has 1 saturated carbocycles. The number of carboxylic acid groups (broad SMARTS) is 1. The standard InChI is InChI=1S/C15H16N2O4/c18-12(17-15(14(19)20)8-3-9-15)6-7-13-16-10-4-1-2-5-11(10)21-13/h1-2,4-5H,3,6-9H2,(H,17,18)(H,19,20). The second kappa shape index (κ2) is 5.20. The zero-order valence-corrected chi connectivity index (χ0v) is 11.5. The van der Waals surface area contributed by atoms with Gasteiger partial charge in [0.15, 0.2) is 11.5 Å². The molecule has 0 atom stereocenters. The lowest BCUT2D eigenvalue weighted by molar-refractivity contribution is -0.151. The molecule has 1 aliphatic rings. The molecule has 0 saturated heterocycles. The number of carbonyl (C=O) groups excluding carboxylic acids is 1. The molecule has 3 rings (SSSR count). The van der Waals surface area contributed by atoms with Crippen LogP contribution >= 0.6 is 0 Å². The maximum Gasteiger partial charge on any atom is 0.329 e. The number of hydrogen-bond donors (Lipinski definition) is 2. The minimum Gasteiger partial charge on any atom is -0.480 e. The van der Waals surface area contributed by atoms with Crippen molar-refractivity contribution in [2.75, 3.05) is 0 Å². The van der Waals surface area contributed by atoms with Gasteiger partial charge in [0.05, 0.1) is 0 Å². The van der Waals surface area contributed by atoms with Gasteiger partial charge in [-0.15, -0.1) is 0 Å². The number of aliphatic carboxylic acids is 1. The topological polar surface area (TPSA) is 92.4 Å². The predicted octanol–water partition coefficient (Wildman–Crippen LogP) is 1.88. The number of benzene rings is 1. The van der Waals surface area contributed by atoms with Crippen LogP contribution in [-0.2, 0) is 16.0 Å². The van der Waals surface area contributed by atoms with E-state index in [0.717, 1.165) is 11.9 Å². The summed E-state index contributed by atoms with van der Waals surface area (Å²) in [4.78, 5) is 27.4. The molecule has 2 aromatic rings. The second-order valence-corrected chi connectivity index (χ2v) is 5.36. The average molecular weight is 288 g/mol. The molecule has 1 aromatic heterocycles. The van der Waals surface area contributed by atoms with E-state index in [2.05, 4.69) is 10.3 Å². The zero-order chi connectivity index (χ0) is 14.9. The number of rotatable bonds is 5. The van der Waals surface area contributed by atoms with Crippen molar-refractivity contribution in [2.45, 2.75) is 37.6 Å². The first-order chi connectivity index (χ1) is 10.1. The van der Waals surface area contributed by atoms with Crippen LogP contribution in [0.4, 0.5) is 0 Å². The maximum atomic E-state index is 11.9. The van der Waals surface area contributed by atoms with E-state index in [1.807, 2.05) is 24.3 Å². The molecular formula is C15H16N2O4. The summed E-state index contributed by atoms with van der Waals surface area (Å²) >= 11 is 0. The van der Waals surface area contributed by atoms with E-state index in [1.54, 1.807) is 0 Å². The largest absolute Gasteiger partial charge is 0.480 e. The van der Waals surface area contributed by atoms with Crippen LogP contribution in [0.25, 0.3) is 11.1 Å². The van der Waals surface area contributed by atoms with Crippen molar-refractivity contribution in [3.63, 3.8) is 0 Å². The Balaban J connectivity index is 1.59. The number of fused-ring (bicyclic) bond motifs is 1. The van der Waals surface area contributed by atoms with Crippen molar-refractivity contribution in [1.82, 2.24) is 10.3 Å². The molecule has 6 heteroatoms. The normalized spacial score (nSPS) is 16.4. The predicted molar refractivity (Wildman–Crippen MR) is 74.7 cm³/mol. The van der Waals surface area contributed by atoms with Crippen LogP contribution in [0.3, 0.4) is 0 Å². The summed E-state index contributed by atoms with van der Waals surface area (Å²) in [5.74, 6) is -0.743. The third-order valence-corrected chi connectivity index (χ3v) is 3.90. The van der Waals surface area contributed by atoms with Crippen molar-refractivity contribution in [3.8, 4) is 0 Å². The van der Waals surface area contributed by atoms with Crippen molar-refractivity contribution in [2.24, 2.45) is 0 Å². The Morgan fingerprint density at radius 1 is 1.33 bits per heavy atom. The summed E-state index contributed by atoms with van der Waals surface area (Å²) in [5, 5.41) is 11.8. The molecule has 0 aliphatic heterocycles. The minimum absolute atomic E-state index is 0.169. The summed E-state index contributed by atoms with van der Waals surface area (Å²) in [7, 11) is 0. The number of hydrogen-bond acceptors (Lipinski definition) is 4. The molecule has 6 nitrogen and oxygen atoms in total. The lowest BCUT2D eigenvalue weighted by atomic mass is 9.76. The van der Waals surface area contributed by atoms with Crippen LogP contribution < -0.4 is 5.32 Å². The molecule has 0 bridgehead atoms. The first-order valence-corrected chi connectivity index (χ1v) is 6.98. The Bertz CT molecular complexity index is 655. The van der Waals surface area contributed by atoms with Gasteiger partial charge in [-0.2, -0.15) is 0 Å². The van der Waals surface area contributed by atoms with Crippen LogP contribution in [0.1, 0.15) is 31.6 Å². The molecule has 1 amide bonds. The van der Waals surface area contributed by atoms with E-state index in [9.17, 15) is 9.59 Å². The Morgan fingerprint density at radius 3 is 2.71 bits per heavy atom. The first kappa shape index (κ1) is 13.6. The van der Waals surface area contributed by atoms with E-state index in [0.29, 0.717) is 30.7 Å². The van der Waals surface area contributed by atoms with Crippen molar-refractivity contribution >= 4 is 23.0 Å². The van der Waals surface area contributed by atoms with E-state index < -0.39 is 11.5 Å². The monoisotopic (exact) mass is 288 g/mol. The van der Waals surface area contributed by atoms with Gasteiger partial charge >= 0.3 is 5.97 Å². The number of aromatic nitrogens is 1. The molecular weight excluding hydrogens is 272 g/mol. The highest BCUT2D eigenvalue weighted by Crippen LogP contribution is 2.32. The van der Waals surface area contributed by atoms with Gasteiger partial charge in [0.2, 0.25) is 5.91 Å². The molecule has 110 valence electrons. The molecule has 0 radical (unpaired) electrons. The summed E-state index contributed by atoms with van der Waals surface area (Å²) in [6.07, 6.45) is 2.35. The number of carboxylic acids is 1. The van der Waals surface area contributed by atoms with Crippen LogP contribution in [0.15, 0.2) is 28.7 Å². The van der Waals surface area contributed by atoms with Gasteiger partial charge in [0.1, 0.15) is 11.1 Å². The number of oxazole rings is 1. The summed E-state index contributed by atoms with van der Waals surface area (Å²) in [6.45, 7) is 0. The highest BCUT2D eigenvalue weighted by Gasteiger charge is 2.45. The average Bonchev–Trinajstić information content (AvgIpc) is 2.83. The van der Waals surface area contributed by atoms with E-state index in [4.69, 9.17) is 9.52 Å². The summed E-state index contributed by atoms with van der Waals surface area (Å²) in [5.41, 5.74) is 0.390. The number of para-hydroxylation sites is 2. The summed E-state index contributed by atoms with van der Waals surface area (Å²) < 4.78 is 5.53. The van der Waals surface area contributed by atoms with Gasteiger partial charge in [0, 0.05) is 12.8 Å². The van der Waals surface area contributed by atoms with Crippen LogP contribution in [0.2, 0.25) is 0 Å². The highest BCUT2D eigenvalue weighted by molar-refractivity contribution is 5.87. The van der Waals surface area contributed by atoms with Gasteiger partial charge in [0.25, 0.3) is 0 Å². The molecule has 1 aromatic carbocycles. The highest BCUT2D eigenvalue weighted by atomic mass is 16.4. The number of nitrogens with one attached hydrogen (secondary N) is 1. The van der Waals surface area contributed by atoms with Gasteiger partial charge in [-0.05, 0) is 31.4 Å². The van der Waals surface area contributed by atoms with Gasteiger partial charge in [-0.3, -0.25) is 4.79 Å². The van der Waals surface area contributed by atoms with E-state index in [1.165, 1.54) is 0 Å².